The molecule has 0 aromatic carbocycles. The highest BCUT2D eigenvalue weighted by molar-refractivity contribution is 7.99. The third kappa shape index (κ3) is 17.3. The Hall–Kier alpha value is 1.18. The Kier molecular flexibility index (Phi) is 16.1. The normalized spacial score (nSPS) is 10.0. The molecule has 0 aromatic rings. The van der Waals surface area contributed by atoms with Crippen molar-refractivity contribution in [1.29, 1.82) is 0 Å². The quantitative estimate of drug-likeness (QED) is 0.348. The monoisotopic (exact) mass is 253 g/mol. The third-order valence-corrected chi connectivity index (χ3v) is 2.51. The molecule has 0 unspecified atom stereocenters. The van der Waals surface area contributed by atoms with Crippen LogP contribution < -0.4 is 12.4 Å². The maximum Gasteiger partial charge on any atom is 0.0872 e. The van der Waals surface area contributed by atoms with E-state index in [1.54, 1.807) is 0 Å². The van der Waals surface area contributed by atoms with E-state index >= 15 is 0 Å². The highest BCUT2D eigenvalue weighted by atomic mass is 35.5. The van der Waals surface area contributed by atoms with Gasteiger partial charge in [0.2, 0.25) is 0 Å². The van der Waals surface area contributed by atoms with Crippen molar-refractivity contribution in [3.05, 3.63) is 0 Å². The van der Waals surface area contributed by atoms with Gasteiger partial charge in [0.15, 0.2) is 0 Å². The first-order chi connectivity index (χ1) is 4.56. The van der Waals surface area contributed by atoms with E-state index < -0.39 is 0 Å². The molecule has 0 saturated heterocycles. The average molecular weight is 255 g/mol. The summed E-state index contributed by atoms with van der Waals surface area (Å²) in [5, 5.41) is 0. The first-order valence-corrected chi connectivity index (χ1v) is 5.19. The van der Waals surface area contributed by atoms with Gasteiger partial charge in [-0.2, -0.15) is 11.8 Å². The lowest BCUT2D eigenvalue weighted by Crippen LogP contribution is -3.00. The van der Waals surface area contributed by atoms with Crippen molar-refractivity contribution >= 4 is 35.8 Å². The minimum absolute atomic E-state index is 0. The number of hydrogen-bond donors (Lipinski definition) is 0. The SMILES string of the molecule is C[N+](C)(C)CCSCCCl.Cl.[Cl-]. The van der Waals surface area contributed by atoms with Crippen LogP contribution in [-0.2, 0) is 0 Å². The molecule has 0 aliphatic heterocycles. The van der Waals surface area contributed by atoms with Crippen LogP contribution >= 0.6 is 35.8 Å². The van der Waals surface area contributed by atoms with Gasteiger partial charge in [-0.15, -0.1) is 24.0 Å². The van der Waals surface area contributed by atoms with E-state index in [1.165, 1.54) is 12.3 Å². The molecule has 0 saturated carbocycles. The molecule has 0 aliphatic carbocycles. The Morgan fingerprint density at radius 3 is 2.00 bits per heavy atom. The molecule has 0 aliphatic rings. The minimum atomic E-state index is 0. The van der Waals surface area contributed by atoms with Gasteiger partial charge in [0.05, 0.1) is 27.7 Å². The van der Waals surface area contributed by atoms with Crippen LogP contribution in [0.4, 0.5) is 0 Å². The summed E-state index contributed by atoms with van der Waals surface area (Å²) in [6, 6.07) is 0. The van der Waals surface area contributed by atoms with Gasteiger partial charge in [0.25, 0.3) is 0 Å². The zero-order chi connectivity index (χ0) is 8.04. The summed E-state index contributed by atoms with van der Waals surface area (Å²) in [5.41, 5.74) is 0. The van der Waals surface area contributed by atoms with Crippen molar-refractivity contribution in [2.24, 2.45) is 0 Å². The number of hydrogen-bond acceptors (Lipinski definition) is 1. The summed E-state index contributed by atoms with van der Waals surface area (Å²) in [6.07, 6.45) is 0. The predicted octanol–water partition coefficient (Wildman–Crippen LogP) is -0.910. The second-order valence-electron chi connectivity index (χ2n) is 3.32. The summed E-state index contributed by atoms with van der Waals surface area (Å²) >= 11 is 7.46. The van der Waals surface area contributed by atoms with Gasteiger partial charge in [-0.1, -0.05) is 0 Å². The molecule has 0 radical (unpaired) electrons. The molecule has 0 atom stereocenters. The fourth-order valence-electron chi connectivity index (χ4n) is 0.495. The van der Waals surface area contributed by atoms with Crippen LogP contribution in [0.3, 0.4) is 0 Å². The van der Waals surface area contributed by atoms with Crippen LogP contribution in [0, 0.1) is 0 Å². The molecule has 0 fully saturated rings. The van der Waals surface area contributed by atoms with E-state index in [-0.39, 0.29) is 24.8 Å². The molecule has 12 heavy (non-hydrogen) atoms. The zero-order valence-electron chi connectivity index (χ0n) is 7.85. The fourth-order valence-corrected chi connectivity index (χ4v) is 1.81. The number of quaternary nitrogens is 1. The Morgan fingerprint density at radius 2 is 1.67 bits per heavy atom. The lowest BCUT2D eigenvalue weighted by Gasteiger charge is -2.23. The molecule has 0 spiro atoms. The zero-order valence-corrected chi connectivity index (χ0v) is 11.0. The third-order valence-electron chi connectivity index (χ3n) is 1.13. The van der Waals surface area contributed by atoms with Crippen molar-refractivity contribution in [1.82, 2.24) is 0 Å². The molecule has 5 heteroatoms. The molecule has 0 rings (SSSR count). The maximum absolute atomic E-state index is 5.53. The summed E-state index contributed by atoms with van der Waals surface area (Å²) in [4.78, 5) is 0. The maximum atomic E-state index is 5.53. The lowest BCUT2D eigenvalue weighted by atomic mass is 10.6. The largest absolute Gasteiger partial charge is 1.00 e. The Balaban J connectivity index is -0.000000405. The Labute approximate surface area is 97.6 Å². The van der Waals surface area contributed by atoms with Crippen molar-refractivity contribution < 1.29 is 16.9 Å². The van der Waals surface area contributed by atoms with E-state index in [9.17, 15) is 0 Å². The van der Waals surface area contributed by atoms with E-state index in [0.29, 0.717) is 0 Å². The molecule has 0 N–H and O–H groups in total. The molecular formula is C7H18Cl3NS. The number of nitrogens with zero attached hydrogens (tertiary/aromatic N) is 1. The Morgan fingerprint density at radius 1 is 1.17 bits per heavy atom. The highest BCUT2D eigenvalue weighted by Crippen LogP contribution is 2.02. The molecule has 78 valence electrons. The van der Waals surface area contributed by atoms with E-state index in [4.69, 9.17) is 11.6 Å². The highest BCUT2D eigenvalue weighted by Gasteiger charge is 2.04. The summed E-state index contributed by atoms with van der Waals surface area (Å²) in [6.45, 7) is 1.22. The predicted molar refractivity (Wildman–Crippen MR) is 58.2 cm³/mol. The van der Waals surface area contributed by atoms with Crippen LogP contribution in [0.2, 0.25) is 0 Å². The van der Waals surface area contributed by atoms with E-state index in [1.807, 2.05) is 11.8 Å². The summed E-state index contributed by atoms with van der Waals surface area (Å²) in [7, 11) is 6.63. The molecule has 0 heterocycles. The lowest BCUT2D eigenvalue weighted by molar-refractivity contribution is -0.867. The van der Waals surface area contributed by atoms with Gasteiger partial charge in [0, 0.05) is 17.4 Å². The smallest absolute Gasteiger partial charge is 0.0872 e. The minimum Gasteiger partial charge on any atom is -1.00 e. The molecule has 0 aromatic heterocycles. The first-order valence-electron chi connectivity index (χ1n) is 3.50. The number of halogens is 3. The van der Waals surface area contributed by atoms with Gasteiger partial charge in [-0.3, -0.25) is 0 Å². The van der Waals surface area contributed by atoms with Gasteiger partial charge in [-0.05, 0) is 0 Å². The average Bonchev–Trinajstić information content (AvgIpc) is 1.78. The number of rotatable bonds is 5. The van der Waals surface area contributed by atoms with Crippen LogP contribution in [0.1, 0.15) is 0 Å². The van der Waals surface area contributed by atoms with Crippen molar-refractivity contribution in [2.75, 3.05) is 45.1 Å². The standard InChI is InChI=1S/C7H17ClNS.2ClH/c1-9(2,3)5-7-10-6-4-8;;/h4-7H2,1-3H3;2*1H/q+1;;/p-1. The van der Waals surface area contributed by atoms with Crippen LogP contribution in [0.5, 0.6) is 0 Å². The van der Waals surface area contributed by atoms with Crippen molar-refractivity contribution in [3.8, 4) is 0 Å². The number of thioether (sulfide) groups is 1. The van der Waals surface area contributed by atoms with Crippen molar-refractivity contribution in [2.45, 2.75) is 0 Å². The topological polar surface area (TPSA) is 0 Å². The second kappa shape index (κ2) is 10.3. The summed E-state index contributed by atoms with van der Waals surface area (Å²) in [5.74, 6) is 3.08. The first kappa shape index (κ1) is 18.9. The van der Waals surface area contributed by atoms with Crippen LogP contribution in [0.25, 0.3) is 0 Å². The second-order valence-corrected chi connectivity index (χ2v) is 4.92. The van der Waals surface area contributed by atoms with E-state index in [2.05, 4.69) is 21.1 Å². The Bertz CT molecular complexity index is 85.2. The molecule has 1 nitrogen and oxygen atoms in total. The fraction of sp³-hybridized carbons (Fsp3) is 1.00. The molecule has 0 bridgehead atoms. The molecule has 0 amide bonds. The van der Waals surface area contributed by atoms with Gasteiger partial charge < -0.3 is 16.9 Å². The van der Waals surface area contributed by atoms with Crippen LogP contribution in [-0.4, -0.2) is 49.6 Å². The van der Waals surface area contributed by atoms with E-state index in [0.717, 1.165) is 16.1 Å². The van der Waals surface area contributed by atoms with Gasteiger partial charge >= 0.3 is 0 Å². The number of alkyl halides is 1. The van der Waals surface area contributed by atoms with Gasteiger partial charge in [0.1, 0.15) is 0 Å². The summed E-state index contributed by atoms with van der Waals surface area (Å²) < 4.78 is 1.05. The van der Waals surface area contributed by atoms with Crippen molar-refractivity contribution in [3.63, 3.8) is 0 Å². The molecular weight excluding hydrogens is 237 g/mol. The van der Waals surface area contributed by atoms with Gasteiger partial charge in [-0.25, -0.2) is 0 Å². The van der Waals surface area contributed by atoms with Crippen LogP contribution in [0.15, 0.2) is 0 Å².